The second-order valence-corrected chi connectivity index (χ2v) is 5.50. The van der Waals surface area contributed by atoms with Gasteiger partial charge in [0, 0.05) is 0 Å². The van der Waals surface area contributed by atoms with Gasteiger partial charge in [0.15, 0.2) is 0 Å². The maximum Gasteiger partial charge on any atom is 0.342 e. The number of ether oxygens (including phenoxy) is 1. The molecule has 0 spiro atoms. The van der Waals surface area contributed by atoms with E-state index in [1.54, 1.807) is 0 Å². The van der Waals surface area contributed by atoms with Gasteiger partial charge >= 0.3 is 5.97 Å². The van der Waals surface area contributed by atoms with Gasteiger partial charge in [-0.25, -0.2) is 4.79 Å². The second-order valence-electron chi connectivity index (χ2n) is 3.79. The molecule has 0 aromatic carbocycles. The largest absolute Gasteiger partial charge is 0.463 e. The Balaban J connectivity index is 3.28. The highest BCUT2D eigenvalue weighted by molar-refractivity contribution is 6.57. The van der Waals surface area contributed by atoms with Gasteiger partial charge in [-0.15, -0.1) is 0 Å². The molecule has 0 N–H and O–H groups in total. The first-order valence-corrected chi connectivity index (χ1v) is 6.29. The highest BCUT2D eigenvalue weighted by Crippen LogP contribution is 2.21. The van der Waals surface area contributed by atoms with Crippen LogP contribution in [0.5, 0.6) is 0 Å². The Labute approximate surface area is 102 Å². The molecule has 0 atom stereocenters. The van der Waals surface area contributed by atoms with E-state index in [4.69, 9.17) is 27.9 Å². The SMILES string of the molecule is CCCCCCCCOC(=O)C(C)(Cl)Cl. The second kappa shape index (κ2) is 8.23. The van der Waals surface area contributed by atoms with E-state index in [9.17, 15) is 4.79 Å². The predicted molar refractivity (Wildman–Crippen MR) is 64.4 cm³/mol. The number of alkyl halides is 2. The van der Waals surface area contributed by atoms with Gasteiger partial charge in [-0.05, 0) is 13.3 Å². The van der Waals surface area contributed by atoms with Crippen LogP contribution in [0.15, 0.2) is 0 Å². The van der Waals surface area contributed by atoms with Crippen LogP contribution in [0, 0.1) is 0 Å². The number of carbonyl (C=O) groups is 1. The fraction of sp³-hybridized carbons (Fsp3) is 0.909. The first kappa shape index (κ1) is 15.0. The lowest BCUT2D eigenvalue weighted by molar-refractivity contribution is -0.144. The smallest absolute Gasteiger partial charge is 0.342 e. The number of halogens is 2. The van der Waals surface area contributed by atoms with Gasteiger partial charge < -0.3 is 4.74 Å². The van der Waals surface area contributed by atoms with E-state index in [0.29, 0.717) is 6.61 Å². The highest BCUT2D eigenvalue weighted by Gasteiger charge is 2.28. The number of rotatable bonds is 8. The summed E-state index contributed by atoms with van der Waals surface area (Å²) in [7, 11) is 0. The quantitative estimate of drug-likeness (QED) is 0.371. The molecule has 0 aromatic heterocycles. The van der Waals surface area contributed by atoms with Crippen molar-refractivity contribution in [2.75, 3.05) is 6.61 Å². The molecule has 0 aromatic rings. The minimum Gasteiger partial charge on any atom is -0.463 e. The summed E-state index contributed by atoms with van der Waals surface area (Å²) in [5.74, 6) is -0.556. The summed E-state index contributed by atoms with van der Waals surface area (Å²) >= 11 is 11.1. The summed E-state index contributed by atoms with van der Waals surface area (Å²) in [6.45, 7) is 4.02. The van der Waals surface area contributed by atoms with Crippen molar-refractivity contribution < 1.29 is 9.53 Å². The topological polar surface area (TPSA) is 26.3 Å². The van der Waals surface area contributed by atoms with Crippen LogP contribution in [0.4, 0.5) is 0 Å². The fourth-order valence-electron chi connectivity index (χ4n) is 1.17. The van der Waals surface area contributed by atoms with Crippen LogP contribution < -0.4 is 0 Å². The zero-order chi connectivity index (χ0) is 11.7. The molecule has 0 saturated heterocycles. The average molecular weight is 255 g/mol. The molecule has 0 saturated carbocycles. The number of unbranched alkanes of at least 4 members (excludes halogenated alkanes) is 5. The predicted octanol–water partition coefficient (Wildman–Crippen LogP) is 4.08. The van der Waals surface area contributed by atoms with Gasteiger partial charge in [0.2, 0.25) is 4.33 Å². The molecule has 0 bridgehead atoms. The Kier molecular flexibility index (Phi) is 8.26. The molecule has 90 valence electrons. The standard InChI is InChI=1S/C11H20Cl2O2/c1-3-4-5-6-7-8-9-15-10(14)11(2,12)13/h3-9H2,1-2H3. The van der Waals surface area contributed by atoms with Crippen molar-refractivity contribution in [2.24, 2.45) is 0 Å². The van der Waals surface area contributed by atoms with E-state index in [1.165, 1.54) is 32.6 Å². The van der Waals surface area contributed by atoms with Crippen LogP contribution in [0.25, 0.3) is 0 Å². The van der Waals surface area contributed by atoms with Crippen molar-refractivity contribution in [2.45, 2.75) is 56.7 Å². The zero-order valence-corrected chi connectivity index (χ0v) is 11.0. The minimum absolute atomic E-state index is 0.417. The van der Waals surface area contributed by atoms with Gasteiger partial charge in [0.05, 0.1) is 6.61 Å². The summed E-state index contributed by atoms with van der Waals surface area (Å²) in [5, 5.41) is 0. The van der Waals surface area contributed by atoms with Crippen LogP contribution in [-0.2, 0) is 9.53 Å². The summed E-state index contributed by atoms with van der Waals surface area (Å²) < 4.78 is 3.50. The minimum atomic E-state index is -1.41. The van der Waals surface area contributed by atoms with Gasteiger partial charge in [0.25, 0.3) is 0 Å². The molecule has 0 rings (SSSR count). The van der Waals surface area contributed by atoms with Crippen LogP contribution in [0.3, 0.4) is 0 Å². The van der Waals surface area contributed by atoms with Crippen LogP contribution in [-0.4, -0.2) is 16.9 Å². The molecule has 0 heterocycles. The highest BCUT2D eigenvalue weighted by atomic mass is 35.5. The van der Waals surface area contributed by atoms with E-state index >= 15 is 0 Å². The molecule has 0 aliphatic rings. The van der Waals surface area contributed by atoms with Gasteiger partial charge in [-0.1, -0.05) is 62.2 Å². The molecule has 0 amide bonds. The Morgan fingerprint density at radius 1 is 1.13 bits per heavy atom. The van der Waals surface area contributed by atoms with Gasteiger partial charge in [0.1, 0.15) is 0 Å². The maximum absolute atomic E-state index is 11.1. The molecule has 2 nitrogen and oxygen atoms in total. The molecular formula is C11H20Cl2O2. The third-order valence-corrected chi connectivity index (χ3v) is 2.40. The lowest BCUT2D eigenvalue weighted by atomic mass is 10.1. The third kappa shape index (κ3) is 9.01. The lowest BCUT2D eigenvalue weighted by Crippen LogP contribution is -2.24. The van der Waals surface area contributed by atoms with Crippen LogP contribution >= 0.6 is 23.2 Å². The molecule has 0 unspecified atom stereocenters. The number of hydrogen-bond donors (Lipinski definition) is 0. The monoisotopic (exact) mass is 254 g/mol. The number of esters is 1. The summed E-state index contributed by atoms with van der Waals surface area (Å²) in [6.07, 6.45) is 6.96. The molecule has 15 heavy (non-hydrogen) atoms. The molecule has 0 fully saturated rings. The number of carbonyl (C=O) groups excluding carboxylic acids is 1. The van der Waals surface area contributed by atoms with E-state index in [2.05, 4.69) is 6.92 Å². The van der Waals surface area contributed by atoms with E-state index < -0.39 is 10.3 Å². The molecular weight excluding hydrogens is 235 g/mol. The van der Waals surface area contributed by atoms with Crippen LogP contribution in [0.2, 0.25) is 0 Å². The summed E-state index contributed by atoms with van der Waals surface area (Å²) in [5.41, 5.74) is 0. The van der Waals surface area contributed by atoms with E-state index in [0.717, 1.165) is 12.8 Å². The first-order chi connectivity index (χ1) is 6.98. The lowest BCUT2D eigenvalue weighted by Gasteiger charge is -2.12. The van der Waals surface area contributed by atoms with E-state index in [-0.39, 0.29) is 0 Å². The Morgan fingerprint density at radius 2 is 1.67 bits per heavy atom. The summed E-state index contributed by atoms with van der Waals surface area (Å²) in [4.78, 5) is 11.1. The number of hydrogen-bond acceptors (Lipinski definition) is 2. The Bertz CT molecular complexity index is 176. The van der Waals surface area contributed by atoms with Gasteiger partial charge in [-0.3, -0.25) is 0 Å². The van der Waals surface area contributed by atoms with Crippen molar-refractivity contribution in [3.8, 4) is 0 Å². The van der Waals surface area contributed by atoms with E-state index in [1.807, 2.05) is 0 Å². The fourth-order valence-corrected chi connectivity index (χ4v) is 1.28. The Hall–Kier alpha value is 0.0500. The normalized spacial score (nSPS) is 11.5. The molecule has 0 aliphatic carbocycles. The molecule has 4 heteroatoms. The molecule has 0 radical (unpaired) electrons. The third-order valence-electron chi connectivity index (χ3n) is 2.09. The molecule has 0 aliphatic heterocycles. The first-order valence-electron chi connectivity index (χ1n) is 5.53. The summed E-state index contributed by atoms with van der Waals surface area (Å²) in [6, 6.07) is 0. The Morgan fingerprint density at radius 3 is 2.20 bits per heavy atom. The maximum atomic E-state index is 11.1. The van der Waals surface area contributed by atoms with Crippen molar-refractivity contribution in [3.05, 3.63) is 0 Å². The van der Waals surface area contributed by atoms with Crippen molar-refractivity contribution in [3.63, 3.8) is 0 Å². The van der Waals surface area contributed by atoms with Gasteiger partial charge in [-0.2, -0.15) is 0 Å². The van der Waals surface area contributed by atoms with Crippen LogP contribution in [0.1, 0.15) is 52.4 Å². The zero-order valence-electron chi connectivity index (χ0n) is 9.52. The van der Waals surface area contributed by atoms with Crippen molar-refractivity contribution in [1.82, 2.24) is 0 Å². The average Bonchev–Trinajstić information content (AvgIpc) is 2.14. The van der Waals surface area contributed by atoms with Crippen molar-refractivity contribution >= 4 is 29.2 Å². The van der Waals surface area contributed by atoms with Crippen molar-refractivity contribution in [1.29, 1.82) is 0 Å².